The minimum atomic E-state index is -4.94. The number of para-hydroxylation sites is 1. The molecule has 1 N–H and O–H groups in total. The summed E-state index contributed by atoms with van der Waals surface area (Å²) in [5.74, 6) is -1.39. The van der Waals surface area contributed by atoms with Crippen LogP contribution in [0.4, 0.5) is 13.2 Å². The number of ether oxygens (including phenoxy) is 1. The van der Waals surface area contributed by atoms with Crippen LogP contribution in [-0.4, -0.2) is 25.8 Å². The van der Waals surface area contributed by atoms with Gasteiger partial charge in [-0.15, -0.1) is 0 Å². The molecule has 0 amide bonds. The average molecular weight is 544 g/mol. The Labute approximate surface area is 228 Å². The number of rotatable bonds is 9. The predicted octanol–water partition coefficient (Wildman–Crippen LogP) is 7.02. The molecule has 0 aliphatic heterocycles. The molecule has 9 heteroatoms. The standard InChI is InChI=1S/C31H24F3N3O3/c32-31(33,34)29-25(30(38)39)19-35-37(29)28-12-6-10-26(36-28)24-9-4-5-11-27(24)40-20-23-17-15-22(16-18-23)14-13-21-7-2-1-3-8-21/h1-12,15-19H,13-14,20H2,(H,38,39). The van der Waals surface area contributed by atoms with Crippen LogP contribution < -0.4 is 4.74 Å². The van der Waals surface area contributed by atoms with E-state index in [1.807, 2.05) is 30.3 Å². The Morgan fingerprint density at radius 3 is 2.15 bits per heavy atom. The molecule has 2 aromatic heterocycles. The fraction of sp³-hybridized carbons (Fsp3) is 0.129. The number of hydrogen-bond acceptors (Lipinski definition) is 4. The van der Waals surface area contributed by atoms with Gasteiger partial charge in [0, 0.05) is 5.56 Å². The number of aromatic nitrogens is 3. The van der Waals surface area contributed by atoms with Crippen molar-refractivity contribution in [1.29, 1.82) is 0 Å². The number of aromatic carboxylic acids is 1. The Balaban J connectivity index is 1.33. The maximum Gasteiger partial charge on any atom is 0.434 e. The molecular formula is C31H24F3N3O3. The number of carboxylic acid groups (broad SMARTS) is 1. The number of benzene rings is 3. The molecule has 5 aromatic rings. The van der Waals surface area contributed by atoms with Crippen LogP contribution >= 0.6 is 0 Å². The molecule has 0 spiro atoms. The molecule has 0 fully saturated rings. The van der Waals surface area contributed by atoms with Gasteiger partial charge in [-0.25, -0.2) is 14.5 Å². The summed E-state index contributed by atoms with van der Waals surface area (Å²) in [4.78, 5) is 15.7. The lowest BCUT2D eigenvalue weighted by molar-refractivity contribution is -0.143. The van der Waals surface area contributed by atoms with Crippen molar-refractivity contribution in [1.82, 2.24) is 14.8 Å². The van der Waals surface area contributed by atoms with Crippen molar-refractivity contribution in [3.8, 4) is 22.8 Å². The normalized spacial score (nSPS) is 11.4. The molecule has 5 rings (SSSR count). The maximum atomic E-state index is 13.7. The first kappa shape index (κ1) is 26.7. The molecule has 0 unspecified atom stereocenters. The van der Waals surface area contributed by atoms with Gasteiger partial charge < -0.3 is 9.84 Å². The summed E-state index contributed by atoms with van der Waals surface area (Å²) in [6.07, 6.45) is -2.39. The first-order chi connectivity index (χ1) is 19.3. The number of alkyl halides is 3. The van der Waals surface area contributed by atoms with Gasteiger partial charge in [-0.2, -0.15) is 18.3 Å². The van der Waals surface area contributed by atoms with Crippen molar-refractivity contribution < 1.29 is 27.8 Å². The molecule has 0 atom stereocenters. The highest BCUT2D eigenvalue weighted by Gasteiger charge is 2.41. The maximum absolute atomic E-state index is 13.7. The third-order valence-corrected chi connectivity index (χ3v) is 6.35. The van der Waals surface area contributed by atoms with Crippen LogP contribution in [0.25, 0.3) is 17.1 Å². The van der Waals surface area contributed by atoms with Gasteiger partial charge in [0.15, 0.2) is 11.5 Å². The Bertz CT molecular complexity index is 1610. The highest BCUT2D eigenvalue weighted by molar-refractivity contribution is 5.89. The van der Waals surface area contributed by atoms with E-state index >= 15 is 0 Å². The fourth-order valence-corrected chi connectivity index (χ4v) is 4.34. The van der Waals surface area contributed by atoms with Crippen molar-refractivity contribution in [2.24, 2.45) is 0 Å². The second kappa shape index (κ2) is 11.4. The average Bonchev–Trinajstić information content (AvgIpc) is 3.43. The summed E-state index contributed by atoms with van der Waals surface area (Å²) in [6, 6.07) is 30.1. The van der Waals surface area contributed by atoms with Gasteiger partial charge >= 0.3 is 12.1 Å². The first-order valence-electron chi connectivity index (χ1n) is 12.5. The predicted molar refractivity (Wildman–Crippen MR) is 143 cm³/mol. The van der Waals surface area contributed by atoms with Crippen LogP contribution in [0.5, 0.6) is 5.75 Å². The zero-order valence-electron chi connectivity index (χ0n) is 21.2. The van der Waals surface area contributed by atoms with Crippen molar-refractivity contribution in [2.75, 3.05) is 0 Å². The topological polar surface area (TPSA) is 77.2 Å². The van der Waals surface area contributed by atoms with Gasteiger partial charge in [0.1, 0.15) is 17.9 Å². The third kappa shape index (κ3) is 6.04. The summed E-state index contributed by atoms with van der Waals surface area (Å²) in [6.45, 7) is 0.287. The van der Waals surface area contributed by atoms with E-state index in [1.165, 1.54) is 23.3 Å². The number of halogens is 3. The zero-order valence-corrected chi connectivity index (χ0v) is 21.2. The van der Waals surface area contributed by atoms with E-state index in [2.05, 4.69) is 34.3 Å². The summed E-state index contributed by atoms with van der Waals surface area (Å²) in [5.41, 5.74) is 2.04. The second-order valence-corrected chi connectivity index (χ2v) is 9.09. The van der Waals surface area contributed by atoms with Gasteiger partial charge in [-0.1, -0.05) is 72.8 Å². The summed E-state index contributed by atoms with van der Waals surface area (Å²) in [5, 5.41) is 12.9. The molecule has 0 aliphatic carbocycles. The molecule has 0 saturated carbocycles. The molecule has 0 radical (unpaired) electrons. The van der Waals surface area contributed by atoms with Crippen molar-refractivity contribution in [3.05, 3.63) is 131 Å². The Morgan fingerprint density at radius 1 is 0.800 bits per heavy atom. The van der Waals surface area contributed by atoms with Crippen LogP contribution in [0.1, 0.15) is 32.7 Å². The van der Waals surface area contributed by atoms with Crippen LogP contribution in [0.2, 0.25) is 0 Å². The zero-order chi connectivity index (χ0) is 28.1. The smallest absolute Gasteiger partial charge is 0.434 e. The minimum Gasteiger partial charge on any atom is -0.488 e. The summed E-state index contributed by atoms with van der Waals surface area (Å²) < 4.78 is 47.7. The molecule has 0 bridgehead atoms. The highest BCUT2D eigenvalue weighted by Crippen LogP contribution is 2.34. The van der Waals surface area contributed by atoms with Crippen molar-refractivity contribution in [3.63, 3.8) is 0 Å². The largest absolute Gasteiger partial charge is 0.488 e. The van der Waals surface area contributed by atoms with E-state index in [1.54, 1.807) is 30.3 Å². The van der Waals surface area contributed by atoms with Gasteiger partial charge in [-0.05, 0) is 53.8 Å². The van der Waals surface area contributed by atoms with E-state index < -0.39 is 23.4 Å². The molecule has 3 aromatic carbocycles. The monoisotopic (exact) mass is 543 g/mol. The third-order valence-electron chi connectivity index (χ3n) is 6.35. The van der Waals surface area contributed by atoms with Crippen molar-refractivity contribution >= 4 is 5.97 Å². The second-order valence-electron chi connectivity index (χ2n) is 9.09. The van der Waals surface area contributed by atoms with Gasteiger partial charge in [0.2, 0.25) is 0 Å². The molecule has 6 nitrogen and oxygen atoms in total. The van der Waals surface area contributed by atoms with E-state index in [-0.39, 0.29) is 12.4 Å². The number of hydrogen-bond donors (Lipinski definition) is 1. The van der Waals surface area contributed by atoms with E-state index in [4.69, 9.17) is 4.74 Å². The van der Waals surface area contributed by atoms with Crippen LogP contribution in [0.15, 0.2) is 103 Å². The van der Waals surface area contributed by atoms with Gasteiger partial charge in [0.25, 0.3) is 0 Å². The number of carboxylic acids is 1. The molecule has 202 valence electrons. The quantitative estimate of drug-likeness (QED) is 0.216. The summed E-state index contributed by atoms with van der Waals surface area (Å²) >= 11 is 0. The lowest BCUT2D eigenvalue weighted by Gasteiger charge is -2.14. The molecular weight excluding hydrogens is 519 g/mol. The van der Waals surface area contributed by atoms with Crippen LogP contribution in [0.3, 0.4) is 0 Å². The molecule has 0 aliphatic rings. The number of aryl methyl sites for hydroxylation is 2. The highest BCUT2D eigenvalue weighted by atomic mass is 19.4. The lowest BCUT2D eigenvalue weighted by atomic mass is 10.0. The molecule has 40 heavy (non-hydrogen) atoms. The fourth-order valence-electron chi connectivity index (χ4n) is 4.34. The lowest BCUT2D eigenvalue weighted by Crippen LogP contribution is -2.18. The Hall–Kier alpha value is -4.92. The van der Waals surface area contributed by atoms with E-state index in [9.17, 15) is 23.1 Å². The molecule has 2 heterocycles. The SMILES string of the molecule is O=C(O)c1cnn(-c2cccc(-c3ccccc3OCc3ccc(CCc4ccccc4)cc3)n2)c1C(F)(F)F. The Morgan fingerprint density at radius 2 is 1.45 bits per heavy atom. The summed E-state index contributed by atoms with van der Waals surface area (Å²) in [7, 11) is 0. The van der Waals surface area contributed by atoms with Crippen molar-refractivity contribution in [2.45, 2.75) is 25.6 Å². The molecule has 0 saturated heterocycles. The van der Waals surface area contributed by atoms with Crippen LogP contribution in [-0.2, 0) is 25.6 Å². The number of nitrogens with zero attached hydrogens (tertiary/aromatic N) is 3. The minimum absolute atomic E-state index is 0.168. The number of pyridine rings is 1. The van der Waals surface area contributed by atoms with Gasteiger partial charge in [0.05, 0.1) is 11.9 Å². The van der Waals surface area contributed by atoms with Crippen LogP contribution in [0, 0.1) is 0 Å². The van der Waals surface area contributed by atoms with E-state index in [0.29, 0.717) is 27.9 Å². The van der Waals surface area contributed by atoms with E-state index in [0.717, 1.165) is 18.4 Å². The number of carbonyl (C=O) groups is 1. The Kier molecular flexibility index (Phi) is 7.63. The first-order valence-corrected chi connectivity index (χ1v) is 12.5. The van der Waals surface area contributed by atoms with Gasteiger partial charge in [-0.3, -0.25) is 0 Å².